The van der Waals surface area contributed by atoms with E-state index in [1.165, 1.54) is 44.9 Å². The Morgan fingerprint density at radius 3 is 2.14 bits per heavy atom. The van der Waals surface area contributed by atoms with E-state index in [4.69, 9.17) is 0 Å². The molecule has 0 radical (unpaired) electrons. The third kappa shape index (κ3) is 2.06. The number of hydrogen-bond donors (Lipinski definition) is 0. The lowest BCUT2D eigenvalue weighted by molar-refractivity contribution is 0.162. The first-order valence-corrected chi connectivity index (χ1v) is 5.95. The van der Waals surface area contributed by atoms with Crippen LogP contribution >= 0.6 is 0 Å². The molecule has 0 spiro atoms. The topological polar surface area (TPSA) is 29.4 Å². The molecule has 14 heavy (non-hydrogen) atoms. The molecule has 0 aromatic rings. The fourth-order valence-electron chi connectivity index (χ4n) is 3.43. The summed E-state index contributed by atoms with van der Waals surface area (Å²) in [6, 6.07) is 0. The van der Waals surface area contributed by atoms with E-state index >= 15 is 0 Å². The zero-order valence-corrected chi connectivity index (χ0v) is 8.74. The van der Waals surface area contributed by atoms with Crippen LogP contribution in [-0.2, 0) is 4.79 Å². The van der Waals surface area contributed by atoms with Crippen molar-refractivity contribution < 1.29 is 4.79 Å². The van der Waals surface area contributed by atoms with Crippen LogP contribution in [0.2, 0.25) is 0 Å². The molecule has 0 saturated heterocycles. The molecule has 0 N–H and O–H groups in total. The molecule has 2 heteroatoms. The van der Waals surface area contributed by atoms with E-state index in [0.29, 0.717) is 5.92 Å². The Morgan fingerprint density at radius 2 is 1.57 bits per heavy atom. The van der Waals surface area contributed by atoms with E-state index in [9.17, 15) is 4.79 Å². The maximum absolute atomic E-state index is 10.2. The molecule has 0 heterocycles. The average molecular weight is 193 g/mol. The van der Waals surface area contributed by atoms with Crippen LogP contribution in [-0.4, -0.2) is 12.6 Å². The molecule has 0 aromatic carbocycles. The number of rotatable bonds is 2. The summed E-state index contributed by atoms with van der Waals surface area (Å²) in [5.41, 5.74) is 0. The number of hydrogen-bond acceptors (Lipinski definition) is 2. The molecule has 2 nitrogen and oxygen atoms in total. The molecule has 2 unspecified atom stereocenters. The SMILES string of the molecule is O=C=NCC1C2CCCCC1CCC2. The minimum Gasteiger partial charge on any atom is -0.211 e. The smallest absolute Gasteiger partial charge is 0.211 e. The van der Waals surface area contributed by atoms with Gasteiger partial charge in [0.2, 0.25) is 6.08 Å². The van der Waals surface area contributed by atoms with Gasteiger partial charge in [0, 0.05) is 0 Å². The van der Waals surface area contributed by atoms with Crippen molar-refractivity contribution in [1.82, 2.24) is 0 Å². The van der Waals surface area contributed by atoms with Gasteiger partial charge in [-0.1, -0.05) is 44.9 Å². The molecule has 2 bridgehead atoms. The van der Waals surface area contributed by atoms with E-state index in [1.54, 1.807) is 6.08 Å². The molecule has 0 amide bonds. The fraction of sp³-hybridized carbons (Fsp3) is 0.917. The van der Waals surface area contributed by atoms with Gasteiger partial charge in [0.05, 0.1) is 6.54 Å². The minimum absolute atomic E-state index is 0.702. The highest BCUT2D eigenvalue weighted by Gasteiger charge is 2.34. The summed E-state index contributed by atoms with van der Waals surface area (Å²) in [6.07, 6.45) is 11.4. The van der Waals surface area contributed by atoms with E-state index in [1.807, 2.05) is 0 Å². The first-order valence-electron chi connectivity index (χ1n) is 5.95. The van der Waals surface area contributed by atoms with E-state index in [0.717, 1.165) is 18.4 Å². The molecule has 2 atom stereocenters. The highest BCUT2D eigenvalue weighted by molar-refractivity contribution is 5.32. The number of nitrogens with zero attached hydrogens (tertiary/aromatic N) is 1. The maximum atomic E-state index is 10.2. The number of fused-ring (bicyclic) bond motifs is 2. The van der Waals surface area contributed by atoms with Gasteiger partial charge in [-0.05, 0) is 17.8 Å². The van der Waals surface area contributed by atoms with Gasteiger partial charge in [-0.3, -0.25) is 0 Å². The van der Waals surface area contributed by atoms with Crippen LogP contribution in [0.3, 0.4) is 0 Å². The summed E-state index contributed by atoms with van der Waals surface area (Å²) in [5.74, 6) is 2.41. The van der Waals surface area contributed by atoms with E-state index in [2.05, 4.69) is 4.99 Å². The molecular weight excluding hydrogens is 174 g/mol. The van der Waals surface area contributed by atoms with Crippen molar-refractivity contribution in [3.63, 3.8) is 0 Å². The second-order valence-corrected chi connectivity index (χ2v) is 4.83. The summed E-state index contributed by atoms with van der Waals surface area (Å²) in [4.78, 5) is 14.0. The van der Waals surface area contributed by atoms with Gasteiger partial charge in [0.1, 0.15) is 0 Å². The molecular formula is C12H19NO. The van der Waals surface area contributed by atoms with Gasteiger partial charge in [-0.25, -0.2) is 9.79 Å². The normalized spacial score (nSPS) is 37.0. The lowest BCUT2D eigenvalue weighted by Gasteiger charge is -2.35. The molecule has 2 saturated carbocycles. The standard InChI is InChI=1S/C12H19NO/c14-9-13-8-12-10-4-1-2-5-11(12)7-3-6-10/h10-12H,1-8H2. The molecule has 0 aromatic heterocycles. The van der Waals surface area contributed by atoms with Crippen LogP contribution in [0, 0.1) is 17.8 Å². The van der Waals surface area contributed by atoms with Gasteiger partial charge in [0.25, 0.3) is 0 Å². The average Bonchev–Trinajstić information content (AvgIpc) is 2.33. The van der Waals surface area contributed by atoms with Gasteiger partial charge in [-0.15, -0.1) is 0 Å². The highest BCUT2D eigenvalue weighted by Crippen LogP contribution is 2.42. The summed E-state index contributed by atoms with van der Waals surface area (Å²) >= 11 is 0. The van der Waals surface area contributed by atoms with Gasteiger partial charge in [-0.2, -0.15) is 0 Å². The molecule has 0 aliphatic heterocycles. The molecule has 2 rings (SSSR count). The third-order valence-electron chi connectivity index (χ3n) is 4.13. The zero-order valence-electron chi connectivity index (χ0n) is 8.74. The Bertz CT molecular complexity index is 218. The molecule has 2 fully saturated rings. The van der Waals surface area contributed by atoms with Gasteiger partial charge < -0.3 is 0 Å². The number of aliphatic imine (C=N–C) groups is 1. The fourth-order valence-corrected chi connectivity index (χ4v) is 3.43. The van der Waals surface area contributed by atoms with Crippen molar-refractivity contribution in [1.29, 1.82) is 0 Å². The minimum atomic E-state index is 0.702. The maximum Gasteiger partial charge on any atom is 0.234 e. The van der Waals surface area contributed by atoms with Crippen molar-refractivity contribution in [3.8, 4) is 0 Å². The van der Waals surface area contributed by atoms with Crippen LogP contribution in [0.15, 0.2) is 4.99 Å². The number of carbonyl (C=O) groups excluding carboxylic acids is 1. The highest BCUT2D eigenvalue weighted by atomic mass is 16.1. The number of isocyanates is 1. The van der Waals surface area contributed by atoms with Crippen molar-refractivity contribution in [2.75, 3.05) is 6.54 Å². The third-order valence-corrected chi connectivity index (χ3v) is 4.13. The molecule has 2 aliphatic rings. The second kappa shape index (κ2) is 4.75. The van der Waals surface area contributed by atoms with E-state index < -0.39 is 0 Å². The first kappa shape index (κ1) is 9.92. The Labute approximate surface area is 85.8 Å². The summed E-state index contributed by atoms with van der Waals surface area (Å²) in [6.45, 7) is 0.749. The zero-order chi connectivity index (χ0) is 9.80. The predicted octanol–water partition coefficient (Wildman–Crippen LogP) is 2.93. The lowest BCUT2D eigenvalue weighted by atomic mass is 9.71. The predicted molar refractivity (Wildman–Crippen MR) is 55.8 cm³/mol. The Balaban J connectivity index is 2.05. The van der Waals surface area contributed by atoms with Gasteiger partial charge in [0.15, 0.2) is 0 Å². The van der Waals surface area contributed by atoms with Crippen molar-refractivity contribution >= 4 is 6.08 Å². The largest absolute Gasteiger partial charge is 0.234 e. The second-order valence-electron chi connectivity index (χ2n) is 4.83. The van der Waals surface area contributed by atoms with Crippen LogP contribution in [0.4, 0.5) is 0 Å². The Kier molecular flexibility index (Phi) is 3.36. The summed E-state index contributed by atoms with van der Waals surface area (Å²) in [5, 5.41) is 0. The monoisotopic (exact) mass is 193 g/mol. The Morgan fingerprint density at radius 1 is 1.00 bits per heavy atom. The Hall–Kier alpha value is -0.620. The van der Waals surface area contributed by atoms with Crippen molar-refractivity contribution in [2.45, 2.75) is 44.9 Å². The molecule has 2 aliphatic carbocycles. The van der Waals surface area contributed by atoms with Crippen molar-refractivity contribution in [2.24, 2.45) is 22.7 Å². The quantitative estimate of drug-likeness (QED) is 0.489. The van der Waals surface area contributed by atoms with E-state index in [-0.39, 0.29) is 0 Å². The van der Waals surface area contributed by atoms with Crippen LogP contribution in [0.25, 0.3) is 0 Å². The van der Waals surface area contributed by atoms with Crippen molar-refractivity contribution in [3.05, 3.63) is 0 Å². The van der Waals surface area contributed by atoms with Crippen LogP contribution in [0.1, 0.15) is 44.9 Å². The lowest BCUT2D eigenvalue weighted by Crippen LogP contribution is -2.28. The molecule has 78 valence electrons. The summed E-state index contributed by atoms with van der Waals surface area (Å²) < 4.78 is 0. The first-order chi connectivity index (χ1) is 6.92. The van der Waals surface area contributed by atoms with Crippen LogP contribution in [0.5, 0.6) is 0 Å². The van der Waals surface area contributed by atoms with Gasteiger partial charge >= 0.3 is 0 Å². The summed E-state index contributed by atoms with van der Waals surface area (Å²) in [7, 11) is 0. The van der Waals surface area contributed by atoms with Crippen LogP contribution < -0.4 is 0 Å².